The van der Waals surface area contributed by atoms with E-state index in [9.17, 15) is 9.59 Å². The van der Waals surface area contributed by atoms with Gasteiger partial charge in [0.05, 0.1) is 0 Å². The first-order valence-electron chi connectivity index (χ1n) is 10.6. The minimum Gasteiger partial charge on any atom is -0.400 e. The molecule has 0 unspecified atom stereocenters. The van der Waals surface area contributed by atoms with Gasteiger partial charge >= 0.3 is 0 Å². The summed E-state index contributed by atoms with van der Waals surface area (Å²) in [6.45, 7) is 1.42. The number of anilines is 1. The SMILES string of the molecule is CO.O=C(N[C@H]1CCN(c2ccc3nccn3n2)C1)c1cccc(C(=O)c2cccc(Cl)c2)n1. The van der Waals surface area contributed by atoms with Crippen LogP contribution >= 0.6 is 11.6 Å². The molecule has 5 rings (SSSR count). The van der Waals surface area contributed by atoms with Crippen LogP contribution in [0.5, 0.6) is 0 Å². The van der Waals surface area contributed by atoms with Gasteiger partial charge in [-0.25, -0.2) is 14.5 Å². The molecule has 1 aromatic carbocycles. The number of amides is 1. The van der Waals surface area contributed by atoms with Crippen LogP contribution in [-0.2, 0) is 0 Å². The van der Waals surface area contributed by atoms with Crippen molar-refractivity contribution in [1.29, 1.82) is 0 Å². The lowest BCUT2D eigenvalue weighted by atomic mass is 10.1. The molecule has 1 aliphatic rings. The van der Waals surface area contributed by atoms with E-state index in [0.717, 1.165) is 31.5 Å². The van der Waals surface area contributed by atoms with E-state index < -0.39 is 0 Å². The summed E-state index contributed by atoms with van der Waals surface area (Å²) in [7, 11) is 1.00. The normalized spacial score (nSPS) is 15.0. The highest BCUT2D eigenvalue weighted by molar-refractivity contribution is 6.31. The van der Waals surface area contributed by atoms with Crippen LogP contribution in [0.25, 0.3) is 5.65 Å². The molecule has 0 radical (unpaired) electrons. The van der Waals surface area contributed by atoms with Crippen molar-refractivity contribution in [3.8, 4) is 0 Å². The lowest BCUT2D eigenvalue weighted by Crippen LogP contribution is -2.37. The minimum atomic E-state index is -0.310. The summed E-state index contributed by atoms with van der Waals surface area (Å²) in [5.74, 6) is 0.241. The number of carbonyl (C=O) groups excluding carboxylic acids is 2. The molecule has 1 saturated heterocycles. The third-order valence-electron chi connectivity index (χ3n) is 5.39. The monoisotopic (exact) mass is 478 g/mol. The van der Waals surface area contributed by atoms with Crippen molar-refractivity contribution in [1.82, 2.24) is 24.9 Å². The van der Waals surface area contributed by atoms with E-state index in [4.69, 9.17) is 16.7 Å². The number of ketones is 1. The number of carbonyl (C=O) groups is 2. The molecule has 4 heterocycles. The van der Waals surface area contributed by atoms with Gasteiger partial charge in [0.25, 0.3) is 5.91 Å². The fourth-order valence-corrected chi connectivity index (χ4v) is 3.97. The van der Waals surface area contributed by atoms with E-state index >= 15 is 0 Å². The summed E-state index contributed by atoms with van der Waals surface area (Å²) in [6, 6.07) is 15.3. The molecule has 4 aromatic rings. The molecule has 1 amide bonds. The van der Waals surface area contributed by atoms with Gasteiger partial charge in [-0.05, 0) is 42.8 Å². The summed E-state index contributed by atoms with van der Waals surface area (Å²) >= 11 is 5.98. The van der Waals surface area contributed by atoms with Crippen LogP contribution in [0.15, 0.2) is 67.0 Å². The Kier molecular flexibility index (Phi) is 7.15. The summed E-state index contributed by atoms with van der Waals surface area (Å²) in [6.07, 6.45) is 4.30. The van der Waals surface area contributed by atoms with Gasteiger partial charge in [0, 0.05) is 49.2 Å². The Morgan fingerprint density at radius 2 is 1.88 bits per heavy atom. The number of fused-ring (bicyclic) bond motifs is 1. The molecule has 0 aliphatic carbocycles. The van der Waals surface area contributed by atoms with E-state index in [-0.39, 0.29) is 29.1 Å². The third kappa shape index (κ3) is 5.05. The van der Waals surface area contributed by atoms with Crippen molar-refractivity contribution < 1.29 is 14.7 Å². The summed E-state index contributed by atoms with van der Waals surface area (Å²) < 4.78 is 1.73. The number of aromatic nitrogens is 4. The zero-order valence-corrected chi connectivity index (χ0v) is 19.2. The fraction of sp³-hybridized carbons (Fsp3) is 0.208. The Labute approximate surface area is 201 Å². The van der Waals surface area contributed by atoms with Crippen molar-refractivity contribution in [2.24, 2.45) is 0 Å². The maximum absolute atomic E-state index is 12.8. The van der Waals surface area contributed by atoms with Crippen LogP contribution in [0.3, 0.4) is 0 Å². The minimum absolute atomic E-state index is 0.0446. The third-order valence-corrected chi connectivity index (χ3v) is 5.62. The quantitative estimate of drug-likeness (QED) is 0.424. The van der Waals surface area contributed by atoms with Gasteiger partial charge in [-0.1, -0.05) is 29.8 Å². The van der Waals surface area contributed by atoms with Crippen LogP contribution < -0.4 is 10.2 Å². The van der Waals surface area contributed by atoms with Crippen LogP contribution in [-0.4, -0.2) is 62.6 Å². The first-order valence-corrected chi connectivity index (χ1v) is 11.0. The second-order valence-electron chi connectivity index (χ2n) is 7.57. The number of aliphatic hydroxyl groups excluding tert-OH is 1. The molecule has 9 nitrogen and oxygen atoms in total. The van der Waals surface area contributed by atoms with Crippen LogP contribution in [0, 0.1) is 0 Å². The highest BCUT2D eigenvalue weighted by Crippen LogP contribution is 2.19. The predicted octanol–water partition coefficient (Wildman–Crippen LogP) is 2.63. The average molecular weight is 479 g/mol. The first kappa shape index (κ1) is 23.3. The van der Waals surface area contributed by atoms with Gasteiger partial charge in [0.15, 0.2) is 5.65 Å². The molecule has 3 aromatic heterocycles. The van der Waals surface area contributed by atoms with Crippen LogP contribution in [0.4, 0.5) is 5.82 Å². The van der Waals surface area contributed by atoms with Crippen LogP contribution in [0.1, 0.15) is 33.0 Å². The topological polar surface area (TPSA) is 113 Å². The fourth-order valence-electron chi connectivity index (χ4n) is 3.78. The lowest BCUT2D eigenvalue weighted by molar-refractivity contribution is 0.0935. The highest BCUT2D eigenvalue weighted by Gasteiger charge is 2.26. The van der Waals surface area contributed by atoms with Gasteiger partial charge in [-0.3, -0.25) is 9.59 Å². The summed E-state index contributed by atoms with van der Waals surface area (Å²) in [4.78, 5) is 36.1. The van der Waals surface area contributed by atoms with E-state index in [1.165, 1.54) is 0 Å². The number of hydrogen-bond donors (Lipinski definition) is 2. The molecule has 174 valence electrons. The number of pyridine rings is 1. The molecule has 0 saturated carbocycles. The van der Waals surface area contributed by atoms with Gasteiger partial charge in [0.2, 0.25) is 5.78 Å². The van der Waals surface area contributed by atoms with Crippen molar-refractivity contribution in [3.63, 3.8) is 0 Å². The molecule has 34 heavy (non-hydrogen) atoms. The molecule has 0 spiro atoms. The summed E-state index contributed by atoms with van der Waals surface area (Å²) in [5, 5.41) is 15.1. The molecule has 10 heteroatoms. The van der Waals surface area contributed by atoms with E-state index in [1.54, 1.807) is 59.4 Å². The standard InChI is InChI=1S/C23H19ClN6O2.CH4O/c24-16-4-1-3-15(13-16)22(31)18-5-2-6-19(27-18)23(32)26-17-9-11-29(14-17)21-8-7-20-25-10-12-30(20)28-21;1-2/h1-8,10,12-13,17H,9,11,14H2,(H,26,32);2H,1H3/t17-;/m0./s1. The Morgan fingerprint density at radius 3 is 2.71 bits per heavy atom. The Morgan fingerprint density at radius 1 is 1.09 bits per heavy atom. The number of rotatable bonds is 5. The second kappa shape index (κ2) is 10.4. The average Bonchev–Trinajstić information content (AvgIpc) is 3.54. The maximum Gasteiger partial charge on any atom is 0.270 e. The van der Waals surface area contributed by atoms with Gasteiger partial charge in [0.1, 0.15) is 17.2 Å². The van der Waals surface area contributed by atoms with E-state index in [0.29, 0.717) is 17.1 Å². The number of benzene rings is 1. The molecular weight excluding hydrogens is 456 g/mol. The zero-order chi connectivity index (χ0) is 24.1. The van der Waals surface area contributed by atoms with Crippen LogP contribution in [0.2, 0.25) is 5.02 Å². The second-order valence-corrected chi connectivity index (χ2v) is 8.01. The number of imidazole rings is 1. The van der Waals surface area contributed by atoms with Crippen molar-refractivity contribution in [3.05, 3.63) is 89.0 Å². The molecule has 0 bridgehead atoms. The predicted molar refractivity (Wildman–Crippen MR) is 128 cm³/mol. The molecule has 1 fully saturated rings. The molecule has 2 N–H and O–H groups in total. The smallest absolute Gasteiger partial charge is 0.270 e. The highest BCUT2D eigenvalue weighted by atomic mass is 35.5. The lowest BCUT2D eigenvalue weighted by Gasteiger charge is -2.18. The van der Waals surface area contributed by atoms with Gasteiger partial charge < -0.3 is 15.3 Å². The van der Waals surface area contributed by atoms with Crippen molar-refractivity contribution >= 4 is 34.8 Å². The zero-order valence-electron chi connectivity index (χ0n) is 18.4. The number of halogens is 1. The van der Waals surface area contributed by atoms with E-state index in [1.807, 2.05) is 12.1 Å². The first-order chi connectivity index (χ1) is 16.6. The molecule has 1 aliphatic heterocycles. The Bertz CT molecular complexity index is 1320. The number of aliphatic hydroxyl groups is 1. The maximum atomic E-state index is 12.8. The number of nitrogens with one attached hydrogen (secondary N) is 1. The molecular formula is C24H23ClN6O3. The van der Waals surface area contributed by atoms with Gasteiger partial charge in [-0.15, -0.1) is 5.10 Å². The van der Waals surface area contributed by atoms with Crippen molar-refractivity contribution in [2.45, 2.75) is 12.5 Å². The Balaban J connectivity index is 0.00000133. The van der Waals surface area contributed by atoms with Crippen molar-refractivity contribution in [2.75, 3.05) is 25.1 Å². The summed E-state index contributed by atoms with van der Waals surface area (Å²) in [5.41, 5.74) is 1.62. The number of hydrogen-bond acceptors (Lipinski definition) is 7. The largest absolute Gasteiger partial charge is 0.400 e. The molecule has 1 atom stereocenters. The number of nitrogens with zero attached hydrogens (tertiary/aromatic N) is 5. The Hall–Kier alpha value is -3.82. The van der Waals surface area contributed by atoms with E-state index in [2.05, 4.69) is 25.3 Å². The van der Waals surface area contributed by atoms with Gasteiger partial charge in [-0.2, -0.15) is 0 Å².